The number of Topliss-reactive ketones (excluding diaryl/α,β-unsaturated/α-hetero) is 1. The summed E-state index contributed by atoms with van der Waals surface area (Å²) in [5.74, 6) is -1.03. The Kier molecular flexibility index (Phi) is 8.86. The van der Waals surface area contributed by atoms with Crippen molar-refractivity contribution in [2.45, 2.75) is 90.6 Å². The molecule has 1 saturated heterocycles. The van der Waals surface area contributed by atoms with Gasteiger partial charge in [-0.15, -0.1) is 0 Å². The lowest BCUT2D eigenvalue weighted by Gasteiger charge is -2.23. The molecule has 4 heteroatoms. The van der Waals surface area contributed by atoms with Gasteiger partial charge in [0, 0.05) is 12.8 Å². The molecule has 22 heavy (non-hydrogen) atoms. The molecule has 0 saturated carbocycles. The van der Waals surface area contributed by atoms with Crippen LogP contribution in [0.25, 0.3) is 0 Å². The maximum absolute atomic E-state index is 12.0. The number of ether oxygens (including phenoxy) is 1. The number of aliphatic hydroxyl groups is 1. The molecule has 1 rings (SSSR count). The van der Waals surface area contributed by atoms with E-state index in [-0.39, 0.29) is 29.6 Å². The normalized spacial score (nSPS) is 20.9. The summed E-state index contributed by atoms with van der Waals surface area (Å²) in [5, 5.41) is 9.78. The van der Waals surface area contributed by atoms with Crippen LogP contribution in [0.3, 0.4) is 0 Å². The summed E-state index contributed by atoms with van der Waals surface area (Å²) >= 11 is 0. The first-order chi connectivity index (χ1) is 10.6. The number of allylic oxidation sites excluding steroid dienone is 1. The van der Waals surface area contributed by atoms with Gasteiger partial charge in [0.05, 0.1) is 0 Å². The van der Waals surface area contributed by atoms with Gasteiger partial charge in [-0.2, -0.15) is 0 Å². The Morgan fingerprint density at radius 3 is 2.27 bits per heavy atom. The predicted octanol–water partition coefficient (Wildman–Crippen LogP) is 4.62. The van der Waals surface area contributed by atoms with Gasteiger partial charge in [-0.05, 0) is 19.3 Å². The first-order valence-corrected chi connectivity index (χ1v) is 8.76. The average molecular weight is 310 g/mol. The number of carbonyl (C=O) groups is 2. The van der Waals surface area contributed by atoms with Crippen molar-refractivity contribution in [2.75, 3.05) is 0 Å². The third-order valence-electron chi connectivity index (χ3n) is 4.07. The molecule has 1 aliphatic rings. The zero-order valence-corrected chi connectivity index (χ0v) is 14.0. The fourth-order valence-electron chi connectivity index (χ4n) is 2.81. The molecule has 0 aromatic heterocycles. The molecule has 0 bridgehead atoms. The van der Waals surface area contributed by atoms with Crippen LogP contribution >= 0.6 is 0 Å². The third-order valence-corrected chi connectivity index (χ3v) is 4.07. The number of ketones is 1. The van der Waals surface area contributed by atoms with Crippen LogP contribution in [-0.2, 0) is 14.3 Å². The van der Waals surface area contributed by atoms with Crippen LogP contribution in [0.1, 0.15) is 84.5 Å². The molecule has 0 aliphatic carbocycles. The van der Waals surface area contributed by atoms with Crippen LogP contribution in [-0.4, -0.2) is 23.0 Å². The standard InChI is InChI=1S/C18H30O4/c1-3-5-6-7-8-9-10-12-14-13-16(20)17(18(21)22-14)15(19)11-4-2/h14,19H,3-13H2,1-2H3/b17-15+/t14-/m0/s1. The number of aliphatic hydroxyl groups excluding tert-OH is 1. The van der Waals surface area contributed by atoms with Crippen LogP contribution in [0, 0.1) is 0 Å². The Balaban J connectivity index is 2.31. The van der Waals surface area contributed by atoms with E-state index in [1.165, 1.54) is 32.1 Å². The van der Waals surface area contributed by atoms with E-state index >= 15 is 0 Å². The van der Waals surface area contributed by atoms with Gasteiger partial charge < -0.3 is 9.84 Å². The largest absolute Gasteiger partial charge is 0.511 e. The minimum absolute atomic E-state index is 0.119. The number of hydrogen-bond acceptors (Lipinski definition) is 4. The van der Waals surface area contributed by atoms with Gasteiger partial charge in [0.25, 0.3) is 0 Å². The van der Waals surface area contributed by atoms with E-state index in [2.05, 4.69) is 6.92 Å². The quantitative estimate of drug-likeness (QED) is 0.210. The number of carbonyl (C=O) groups excluding carboxylic acids is 2. The molecule has 0 spiro atoms. The van der Waals surface area contributed by atoms with E-state index < -0.39 is 5.97 Å². The first-order valence-electron chi connectivity index (χ1n) is 8.76. The van der Waals surface area contributed by atoms with E-state index in [9.17, 15) is 14.7 Å². The van der Waals surface area contributed by atoms with Gasteiger partial charge in [0.1, 0.15) is 17.4 Å². The molecule has 0 aromatic carbocycles. The maximum Gasteiger partial charge on any atom is 0.345 e. The SMILES string of the molecule is CCCCCCCCC[C@H]1CC(=O)/C(=C(\O)CCC)C(=O)O1. The molecule has 1 fully saturated rings. The Morgan fingerprint density at radius 1 is 1.05 bits per heavy atom. The fourth-order valence-corrected chi connectivity index (χ4v) is 2.81. The highest BCUT2D eigenvalue weighted by atomic mass is 16.5. The maximum atomic E-state index is 12.0. The predicted molar refractivity (Wildman–Crippen MR) is 86.7 cm³/mol. The minimum atomic E-state index is -0.643. The molecule has 0 amide bonds. The summed E-state index contributed by atoms with van der Waals surface area (Å²) in [6.45, 7) is 4.09. The van der Waals surface area contributed by atoms with Crippen LogP contribution in [0.5, 0.6) is 0 Å². The van der Waals surface area contributed by atoms with Crippen molar-refractivity contribution in [1.29, 1.82) is 0 Å². The minimum Gasteiger partial charge on any atom is -0.511 e. The number of esters is 1. The van der Waals surface area contributed by atoms with Crippen molar-refractivity contribution in [2.24, 2.45) is 0 Å². The van der Waals surface area contributed by atoms with E-state index in [1.54, 1.807) is 0 Å². The lowest BCUT2D eigenvalue weighted by molar-refractivity contribution is -0.151. The first kappa shape index (κ1) is 18.7. The lowest BCUT2D eigenvalue weighted by atomic mass is 9.96. The highest BCUT2D eigenvalue weighted by Crippen LogP contribution is 2.24. The highest BCUT2D eigenvalue weighted by Gasteiger charge is 2.34. The van der Waals surface area contributed by atoms with Crippen LogP contribution in [0.2, 0.25) is 0 Å². The van der Waals surface area contributed by atoms with Gasteiger partial charge in [-0.3, -0.25) is 4.79 Å². The monoisotopic (exact) mass is 310 g/mol. The van der Waals surface area contributed by atoms with E-state index in [0.29, 0.717) is 12.8 Å². The van der Waals surface area contributed by atoms with Gasteiger partial charge >= 0.3 is 5.97 Å². The average Bonchev–Trinajstić information content (AvgIpc) is 2.46. The van der Waals surface area contributed by atoms with Crippen molar-refractivity contribution in [3.63, 3.8) is 0 Å². The zero-order chi connectivity index (χ0) is 16.4. The topological polar surface area (TPSA) is 63.6 Å². The van der Waals surface area contributed by atoms with E-state index in [0.717, 1.165) is 19.3 Å². The van der Waals surface area contributed by atoms with Gasteiger partial charge in [-0.25, -0.2) is 4.79 Å². The second-order valence-electron chi connectivity index (χ2n) is 6.14. The summed E-state index contributed by atoms with van der Waals surface area (Å²) < 4.78 is 5.30. The zero-order valence-electron chi connectivity index (χ0n) is 14.0. The molecule has 0 unspecified atom stereocenters. The summed E-state index contributed by atoms with van der Waals surface area (Å²) in [6, 6.07) is 0. The molecule has 0 aromatic rings. The molecule has 1 N–H and O–H groups in total. The number of hydrogen-bond donors (Lipinski definition) is 1. The third kappa shape index (κ3) is 6.20. The van der Waals surface area contributed by atoms with Crippen molar-refractivity contribution >= 4 is 11.8 Å². The summed E-state index contributed by atoms with van der Waals surface area (Å²) in [5.41, 5.74) is -0.127. The summed E-state index contributed by atoms with van der Waals surface area (Å²) in [6.07, 6.45) is 10.1. The number of cyclic esters (lactones) is 1. The molecule has 0 radical (unpaired) electrons. The molecular formula is C18H30O4. The van der Waals surface area contributed by atoms with E-state index in [4.69, 9.17) is 4.74 Å². The fraction of sp³-hybridized carbons (Fsp3) is 0.778. The molecule has 1 atom stereocenters. The Hall–Kier alpha value is -1.32. The summed E-state index contributed by atoms with van der Waals surface area (Å²) in [7, 11) is 0. The Morgan fingerprint density at radius 2 is 1.68 bits per heavy atom. The van der Waals surface area contributed by atoms with Crippen molar-refractivity contribution < 1.29 is 19.4 Å². The Bertz CT molecular complexity index is 378. The van der Waals surface area contributed by atoms with Gasteiger partial charge in [-0.1, -0.05) is 52.4 Å². The van der Waals surface area contributed by atoms with Gasteiger partial charge in [0.2, 0.25) is 0 Å². The van der Waals surface area contributed by atoms with E-state index in [1.807, 2.05) is 6.92 Å². The van der Waals surface area contributed by atoms with Crippen molar-refractivity contribution in [3.05, 3.63) is 11.3 Å². The molecule has 4 nitrogen and oxygen atoms in total. The second kappa shape index (κ2) is 10.4. The second-order valence-corrected chi connectivity index (χ2v) is 6.14. The van der Waals surface area contributed by atoms with Crippen molar-refractivity contribution in [3.8, 4) is 0 Å². The number of unbranched alkanes of at least 4 members (excludes halogenated alkanes) is 6. The smallest absolute Gasteiger partial charge is 0.345 e. The number of rotatable bonds is 10. The van der Waals surface area contributed by atoms with Crippen LogP contribution in [0.4, 0.5) is 0 Å². The highest BCUT2D eigenvalue weighted by molar-refractivity contribution is 6.19. The molecule has 1 heterocycles. The summed E-state index contributed by atoms with van der Waals surface area (Å²) in [4.78, 5) is 23.9. The van der Waals surface area contributed by atoms with Gasteiger partial charge in [0.15, 0.2) is 5.78 Å². The van der Waals surface area contributed by atoms with Crippen LogP contribution < -0.4 is 0 Å². The lowest BCUT2D eigenvalue weighted by Crippen LogP contribution is -2.33. The van der Waals surface area contributed by atoms with Crippen molar-refractivity contribution in [1.82, 2.24) is 0 Å². The molecule has 126 valence electrons. The molecule has 1 aliphatic heterocycles. The van der Waals surface area contributed by atoms with Crippen LogP contribution in [0.15, 0.2) is 11.3 Å². The Labute approximate surface area is 133 Å². The molecular weight excluding hydrogens is 280 g/mol.